The molecular formula is C11H24. The van der Waals surface area contributed by atoms with Crippen LogP contribution in [0.3, 0.4) is 0 Å². The van der Waals surface area contributed by atoms with E-state index in [9.17, 15) is 0 Å². The first-order valence-corrected chi connectivity index (χ1v) is 4.62. The zero-order valence-electron chi connectivity index (χ0n) is 8.74. The normalized spacial score (nSPS) is 10.2. The molecule has 0 aromatic carbocycles. The molecule has 0 aliphatic carbocycles. The minimum Gasteiger partial charge on any atom is -0.106 e. The summed E-state index contributed by atoms with van der Waals surface area (Å²) < 4.78 is 0. The minimum absolute atomic E-state index is 0.593. The monoisotopic (exact) mass is 156 g/mol. The molecule has 0 aliphatic rings. The van der Waals surface area contributed by atoms with Gasteiger partial charge < -0.3 is 0 Å². The number of hydrogen-bond acceptors (Lipinski definition) is 0. The highest BCUT2D eigenvalue weighted by atomic mass is 14.2. The fraction of sp³-hybridized carbons (Fsp3) is 0.818. The SMILES string of the molecule is C=C.CCCCC(C)(C)CC. The molecular weight excluding hydrogens is 132 g/mol. The number of unbranched alkanes of at least 4 members (excludes halogenated alkanes) is 1. The predicted molar refractivity (Wildman–Crippen MR) is 54.9 cm³/mol. The molecule has 0 aliphatic heterocycles. The molecule has 0 nitrogen and oxygen atoms in total. The molecule has 0 aromatic heterocycles. The van der Waals surface area contributed by atoms with Crippen molar-refractivity contribution in [2.45, 2.75) is 53.4 Å². The van der Waals surface area contributed by atoms with Crippen LogP contribution in [-0.4, -0.2) is 0 Å². The fourth-order valence-corrected chi connectivity index (χ4v) is 0.832. The molecule has 0 heterocycles. The van der Waals surface area contributed by atoms with Crippen LogP contribution in [0.15, 0.2) is 13.2 Å². The zero-order valence-corrected chi connectivity index (χ0v) is 8.74. The van der Waals surface area contributed by atoms with Crippen LogP contribution in [0.5, 0.6) is 0 Å². The van der Waals surface area contributed by atoms with Crippen molar-refractivity contribution in [3.8, 4) is 0 Å². The average Bonchev–Trinajstić information content (AvgIpc) is 2.05. The van der Waals surface area contributed by atoms with Crippen LogP contribution in [0.4, 0.5) is 0 Å². The highest BCUT2D eigenvalue weighted by Gasteiger charge is 2.12. The molecule has 0 heteroatoms. The van der Waals surface area contributed by atoms with Crippen LogP contribution < -0.4 is 0 Å². The van der Waals surface area contributed by atoms with E-state index < -0.39 is 0 Å². The Labute approximate surface area is 72.7 Å². The van der Waals surface area contributed by atoms with Gasteiger partial charge in [-0.2, -0.15) is 0 Å². The molecule has 0 aromatic rings. The Morgan fingerprint density at radius 2 is 1.55 bits per heavy atom. The Hall–Kier alpha value is -0.260. The lowest BCUT2D eigenvalue weighted by Gasteiger charge is -2.21. The third kappa shape index (κ3) is 9.74. The summed E-state index contributed by atoms with van der Waals surface area (Å²) in [6, 6.07) is 0. The van der Waals surface area contributed by atoms with Crippen LogP contribution in [0.2, 0.25) is 0 Å². The van der Waals surface area contributed by atoms with Crippen LogP contribution in [0, 0.1) is 5.41 Å². The van der Waals surface area contributed by atoms with Crippen LogP contribution in [0.25, 0.3) is 0 Å². The lowest BCUT2D eigenvalue weighted by molar-refractivity contribution is 0.311. The van der Waals surface area contributed by atoms with Gasteiger partial charge in [-0.15, -0.1) is 13.2 Å². The standard InChI is InChI=1S/C9H20.C2H4/c1-5-7-8-9(3,4)6-2;1-2/h5-8H2,1-4H3;1-2H2. The molecule has 0 saturated carbocycles. The number of rotatable bonds is 4. The Morgan fingerprint density at radius 1 is 1.09 bits per heavy atom. The first kappa shape index (κ1) is 13.3. The Bertz CT molecular complexity index is 72.1. The maximum atomic E-state index is 3.00. The summed E-state index contributed by atoms with van der Waals surface area (Å²) in [6.45, 7) is 15.2. The van der Waals surface area contributed by atoms with Gasteiger partial charge in [0.25, 0.3) is 0 Å². The van der Waals surface area contributed by atoms with Gasteiger partial charge in [0.2, 0.25) is 0 Å². The summed E-state index contributed by atoms with van der Waals surface area (Å²) in [5.41, 5.74) is 0.593. The van der Waals surface area contributed by atoms with E-state index in [1.165, 1.54) is 25.7 Å². The number of hydrogen-bond donors (Lipinski definition) is 0. The summed E-state index contributed by atoms with van der Waals surface area (Å²) >= 11 is 0. The van der Waals surface area contributed by atoms with Crippen molar-refractivity contribution >= 4 is 0 Å². The lowest BCUT2D eigenvalue weighted by atomic mass is 9.85. The van der Waals surface area contributed by atoms with Crippen LogP contribution in [0.1, 0.15) is 53.4 Å². The quantitative estimate of drug-likeness (QED) is 0.529. The molecule has 0 amide bonds. The second kappa shape index (κ2) is 7.84. The van der Waals surface area contributed by atoms with Crippen molar-refractivity contribution < 1.29 is 0 Å². The van der Waals surface area contributed by atoms with E-state index >= 15 is 0 Å². The Morgan fingerprint density at radius 3 is 1.82 bits per heavy atom. The molecule has 0 spiro atoms. The van der Waals surface area contributed by atoms with E-state index in [2.05, 4.69) is 40.9 Å². The zero-order chi connectivity index (χ0) is 9.33. The second-order valence-corrected chi connectivity index (χ2v) is 3.62. The maximum Gasteiger partial charge on any atom is -0.0357 e. The van der Waals surface area contributed by atoms with Crippen molar-refractivity contribution in [2.24, 2.45) is 5.41 Å². The third-order valence-electron chi connectivity index (χ3n) is 2.16. The summed E-state index contributed by atoms with van der Waals surface area (Å²) in [4.78, 5) is 0. The van der Waals surface area contributed by atoms with Crippen molar-refractivity contribution in [1.29, 1.82) is 0 Å². The third-order valence-corrected chi connectivity index (χ3v) is 2.16. The maximum absolute atomic E-state index is 3.00. The van der Waals surface area contributed by atoms with Gasteiger partial charge in [-0.1, -0.05) is 47.0 Å². The molecule has 11 heavy (non-hydrogen) atoms. The van der Waals surface area contributed by atoms with E-state index in [0.717, 1.165) is 0 Å². The molecule has 0 fully saturated rings. The molecule has 0 unspecified atom stereocenters. The molecule has 0 saturated heterocycles. The highest BCUT2D eigenvalue weighted by Crippen LogP contribution is 2.26. The summed E-state index contributed by atoms with van der Waals surface area (Å²) in [5.74, 6) is 0. The minimum atomic E-state index is 0.593. The van der Waals surface area contributed by atoms with Gasteiger partial charge in [-0.3, -0.25) is 0 Å². The molecule has 0 atom stereocenters. The largest absolute Gasteiger partial charge is 0.106 e. The van der Waals surface area contributed by atoms with E-state index in [1.807, 2.05) is 0 Å². The van der Waals surface area contributed by atoms with Crippen molar-refractivity contribution in [3.63, 3.8) is 0 Å². The molecule has 0 radical (unpaired) electrons. The lowest BCUT2D eigenvalue weighted by Crippen LogP contribution is -2.08. The van der Waals surface area contributed by atoms with E-state index in [-0.39, 0.29) is 0 Å². The summed E-state index contributed by atoms with van der Waals surface area (Å²) in [6.07, 6.45) is 5.43. The first-order valence-electron chi connectivity index (χ1n) is 4.62. The highest BCUT2D eigenvalue weighted by molar-refractivity contribution is 4.64. The van der Waals surface area contributed by atoms with Gasteiger partial charge in [0, 0.05) is 0 Å². The topological polar surface area (TPSA) is 0 Å². The van der Waals surface area contributed by atoms with Crippen LogP contribution in [-0.2, 0) is 0 Å². The second-order valence-electron chi connectivity index (χ2n) is 3.62. The fourth-order valence-electron chi connectivity index (χ4n) is 0.832. The van der Waals surface area contributed by atoms with E-state index in [4.69, 9.17) is 0 Å². The molecule has 68 valence electrons. The predicted octanol–water partition coefficient (Wildman–Crippen LogP) is 4.42. The van der Waals surface area contributed by atoms with Crippen molar-refractivity contribution in [1.82, 2.24) is 0 Å². The summed E-state index contributed by atoms with van der Waals surface area (Å²) in [5, 5.41) is 0. The molecule has 0 bridgehead atoms. The molecule has 0 N–H and O–H groups in total. The van der Waals surface area contributed by atoms with Crippen molar-refractivity contribution in [3.05, 3.63) is 13.2 Å². The van der Waals surface area contributed by atoms with E-state index in [1.54, 1.807) is 0 Å². The van der Waals surface area contributed by atoms with Crippen LogP contribution >= 0.6 is 0 Å². The van der Waals surface area contributed by atoms with Gasteiger partial charge in [-0.25, -0.2) is 0 Å². The van der Waals surface area contributed by atoms with Gasteiger partial charge in [0.05, 0.1) is 0 Å². The molecule has 0 rings (SSSR count). The Kier molecular flexibility index (Phi) is 9.51. The summed E-state index contributed by atoms with van der Waals surface area (Å²) in [7, 11) is 0. The van der Waals surface area contributed by atoms with E-state index in [0.29, 0.717) is 5.41 Å². The first-order chi connectivity index (χ1) is 5.12. The van der Waals surface area contributed by atoms with Gasteiger partial charge in [0.15, 0.2) is 0 Å². The van der Waals surface area contributed by atoms with Crippen molar-refractivity contribution in [2.75, 3.05) is 0 Å². The smallest absolute Gasteiger partial charge is 0.0357 e. The van der Waals surface area contributed by atoms with Gasteiger partial charge in [-0.05, 0) is 11.8 Å². The average molecular weight is 156 g/mol. The Balaban J connectivity index is 0. The van der Waals surface area contributed by atoms with Gasteiger partial charge >= 0.3 is 0 Å². The van der Waals surface area contributed by atoms with Gasteiger partial charge in [0.1, 0.15) is 0 Å².